The number of aromatic nitrogens is 5. The summed E-state index contributed by atoms with van der Waals surface area (Å²) in [5, 5.41) is 10.7. The second-order valence-electron chi connectivity index (χ2n) is 10.3. The highest BCUT2D eigenvalue weighted by molar-refractivity contribution is 6.05. The largest absolute Gasteiger partial charge is 0.492 e. The van der Waals surface area contributed by atoms with E-state index in [9.17, 15) is 9.18 Å². The molecular formula is C31H31FN8O3. The number of halogens is 1. The highest BCUT2D eigenvalue weighted by Gasteiger charge is 2.22. The summed E-state index contributed by atoms with van der Waals surface area (Å²) in [7, 11) is 1.92. The Kier molecular flexibility index (Phi) is 7.84. The monoisotopic (exact) mass is 582 g/mol. The lowest BCUT2D eigenvalue weighted by Gasteiger charge is -2.16. The van der Waals surface area contributed by atoms with Crippen LogP contribution in [-0.2, 0) is 4.79 Å². The lowest BCUT2D eigenvalue weighted by molar-refractivity contribution is -0.114. The molecule has 1 saturated heterocycles. The molecule has 0 saturated carbocycles. The lowest BCUT2D eigenvalue weighted by atomic mass is 10.1. The van der Waals surface area contributed by atoms with Crippen molar-refractivity contribution in [2.75, 3.05) is 30.8 Å². The number of carbonyl (C=O) groups is 1. The Morgan fingerprint density at radius 1 is 1.12 bits per heavy atom. The number of pyridine rings is 1. The van der Waals surface area contributed by atoms with Crippen LogP contribution < -0.4 is 20.1 Å². The predicted octanol–water partition coefficient (Wildman–Crippen LogP) is 5.80. The lowest BCUT2D eigenvalue weighted by Crippen LogP contribution is -2.24. The van der Waals surface area contributed by atoms with Crippen LogP contribution in [0.5, 0.6) is 17.2 Å². The molecular weight excluding hydrogens is 551 g/mol. The number of carbonyl (C=O) groups excluding carboxylic acids is 1. The molecule has 0 radical (unpaired) electrons. The Bertz CT molecular complexity index is 1840. The van der Waals surface area contributed by atoms with Crippen LogP contribution in [0, 0.1) is 6.92 Å². The number of aryl methyl sites for hydroxylation is 1. The maximum absolute atomic E-state index is 14.9. The van der Waals surface area contributed by atoms with E-state index in [2.05, 4.69) is 30.7 Å². The van der Waals surface area contributed by atoms with Gasteiger partial charge in [-0.3, -0.25) is 9.69 Å². The van der Waals surface area contributed by atoms with Crippen molar-refractivity contribution in [1.82, 2.24) is 29.5 Å². The summed E-state index contributed by atoms with van der Waals surface area (Å²) in [6.45, 7) is 5.01. The minimum atomic E-state index is -0.832. The Morgan fingerprint density at radius 2 is 2.00 bits per heavy atom. The topological polar surface area (TPSA) is 119 Å². The molecule has 6 rings (SSSR count). The first kappa shape index (κ1) is 28.0. The first-order valence-electron chi connectivity index (χ1n) is 14.0. The summed E-state index contributed by atoms with van der Waals surface area (Å²) in [5.41, 5.74) is 3.28. The van der Waals surface area contributed by atoms with Gasteiger partial charge in [-0.25, -0.2) is 23.9 Å². The molecule has 2 aromatic carbocycles. The molecule has 4 heterocycles. The van der Waals surface area contributed by atoms with E-state index in [4.69, 9.17) is 9.47 Å². The quantitative estimate of drug-likeness (QED) is 0.208. The van der Waals surface area contributed by atoms with E-state index in [-0.39, 0.29) is 6.04 Å². The van der Waals surface area contributed by atoms with Crippen molar-refractivity contribution in [3.63, 3.8) is 0 Å². The van der Waals surface area contributed by atoms with Crippen molar-refractivity contribution in [2.45, 2.75) is 32.7 Å². The van der Waals surface area contributed by atoms with Crippen molar-refractivity contribution in [1.29, 1.82) is 0 Å². The molecule has 0 bridgehead atoms. The molecule has 1 atom stereocenters. The van der Waals surface area contributed by atoms with Crippen molar-refractivity contribution < 1.29 is 18.7 Å². The highest BCUT2D eigenvalue weighted by Crippen LogP contribution is 2.35. The van der Waals surface area contributed by atoms with Crippen LogP contribution in [-0.4, -0.2) is 61.6 Å². The van der Waals surface area contributed by atoms with Crippen molar-refractivity contribution in [3.8, 4) is 17.2 Å². The summed E-state index contributed by atoms with van der Waals surface area (Å²) >= 11 is 0. The van der Waals surface area contributed by atoms with Crippen molar-refractivity contribution in [3.05, 3.63) is 78.8 Å². The zero-order chi connectivity index (χ0) is 29.9. The van der Waals surface area contributed by atoms with Gasteiger partial charge < -0.3 is 20.1 Å². The second kappa shape index (κ2) is 12.0. The molecule has 12 heteroatoms. The van der Waals surface area contributed by atoms with Crippen LogP contribution in [0.2, 0.25) is 0 Å². The van der Waals surface area contributed by atoms with Crippen LogP contribution in [0.3, 0.4) is 0 Å². The molecule has 220 valence electrons. The first-order chi connectivity index (χ1) is 20.9. The fourth-order valence-electron chi connectivity index (χ4n) is 5.09. The molecule has 1 aliphatic heterocycles. The van der Waals surface area contributed by atoms with Gasteiger partial charge in [0.2, 0.25) is 0 Å². The van der Waals surface area contributed by atoms with E-state index >= 15 is 0 Å². The standard InChI is InChI=1S/C31H31FN8O3/c1-4-42-28-16-25-23(15-26(28)38-31(41)24(32)13-21-6-5-10-39(21)3)30(35-17-33-25)37-20-7-8-27(19(2)12-20)43-22-9-11-40-29(14-22)34-18-36-40/h7-9,11-18,21H,4-6,10H2,1-3H3,(H,38,41)(H,33,35,37). The van der Waals surface area contributed by atoms with E-state index in [0.717, 1.165) is 30.6 Å². The zero-order valence-electron chi connectivity index (χ0n) is 24.0. The number of benzene rings is 2. The van der Waals surface area contributed by atoms with Crippen molar-refractivity contribution >= 4 is 39.6 Å². The van der Waals surface area contributed by atoms with E-state index < -0.39 is 11.7 Å². The normalized spacial score (nSPS) is 15.6. The van der Waals surface area contributed by atoms with Gasteiger partial charge >= 0.3 is 0 Å². The van der Waals surface area contributed by atoms with Crippen LogP contribution in [0.25, 0.3) is 16.6 Å². The number of ether oxygens (including phenoxy) is 2. The Hall–Kier alpha value is -5.10. The SMILES string of the molecule is CCOc1cc2ncnc(Nc3ccc(Oc4ccn5ncnc5c4)c(C)c3)c2cc1NC(=O)C(F)=CC1CCCN1C. The minimum Gasteiger partial charge on any atom is -0.492 e. The molecule has 0 aliphatic carbocycles. The number of amides is 1. The molecule has 1 amide bonds. The average Bonchev–Trinajstić information content (AvgIpc) is 3.63. The summed E-state index contributed by atoms with van der Waals surface area (Å²) < 4.78 is 28.4. The molecule has 5 aromatic rings. The van der Waals surface area contributed by atoms with E-state index in [1.54, 1.807) is 22.8 Å². The van der Waals surface area contributed by atoms with Gasteiger partial charge in [-0.05, 0) is 82.3 Å². The zero-order valence-corrected chi connectivity index (χ0v) is 24.0. The number of likely N-dealkylation sites (tertiary alicyclic amines) is 1. The summed E-state index contributed by atoms with van der Waals surface area (Å²) in [6, 6.07) is 12.6. The molecule has 2 N–H and O–H groups in total. The van der Waals surface area contributed by atoms with Crippen molar-refractivity contribution in [2.24, 2.45) is 0 Å². The number of nitrogens with one attached hydrogen (secondary N) is 2. The van der Waals surface area contributed by atoms with Gasteiger partial charge in [0, 0.05) is 35.4 Å². The van der Waals surface area contributed by atoms with Crippen LogP contribution in [0.1, 0.15) is 25.3 Å². The van der Waals surface area contributed by atoms with Gasteiger partial charge in [0.1, 0.15) is 35.7 Å². The summed E-state index contributed by atoms with van der Waals surface area (Å²) in [5.74, 6) is 0.571. The predicted molar refractivity (Wildman–Crippen MR) is 162 cm³/mol. The number of hydrogen-bond acceptors (Lipinski definition) is 9. The number of anilines is 3. The maximum Gasteiger partial charge on any atom is 0.284 e. The molecule has 1 aliphatic rings. The third-order valence-electron chi connectivity index (χ3n) is 7.33. The number of hydrogen-bond donors (Lipinski definition) is 2. The fourth-order valence-corrected chi connectivity index (χ4v) is 5.09. The highest BCUT2D eigenvalue weighted by atomic mass is 19.1. The van der Waals surface area contributed by atoms with Gasteiger partial charge in [0.25, 0.3) is 5.91 Å². The van der Waals surface area contributed by atoms with E-state index in [1.165, 1.54) is 18.7 Å². The maximum atomic E-state index is 14.9. The number of rotatable bonds is 9. The Labute approximate surface area is 247 Å². The summed E-state index contributed by atoms with van der Waals surface area (Å²) in [4.78, 5) is 27.9. The van der Waals surface area contributed by atoms with E-state index in [1.807, 2.05) is 56.1 Å². The Balaban J connectivity index is 1.25. The molecule has 1 unspecified atom stereocenters. The molecule has 11 nitrogen and oxygen atoms in total. The van der Waals surface area contributed by atoms with Gasteiger partial charge in [0.15, 0.2) is 11.5 Å². The van der Waals surface area contributed by atoms with Gasteiger partial charge in [0.05, 0.1) is 17.8 Å². The van der Waals surface area contributed by atoms with E-state index in [0.29, 0.717) is 51.9 Å². The molecule has 43 heavy (non-hydrogen) atoms. The minimum absolute atomic E-state index is 0.101. The molecule has 0 spiro atoms. The Morgan fingerprint density at radius 3 is 2.79 bits per heavy atom. The third kappa shape index (κ3) is 6.09. The molecule has 1 fully saturated rings. The van der Waals surface area contributed by atoms with Gasteiger partial charge in [-0.2, -0.15) is 5.10 Å². The second-order valence-corrected chi connectivity index (χ2v) is 10.3. The number of nitrogens with zero attached hydrogens (tertiary/aromatic N) is 6. The average molecular weight is 583 g/mol. The van der Waals surface area contributed by atoms with Crippen LogP contribution in [0.4, 0.5) is 21.6 Å². The summed E-state index contributed by atoms with van der Waals surface area (Å²) in [6.07, 6.45) is 7.89. The first-order valence-corrected chi connectivity index (χ1v) is 14.0. The fraction of sp³-hybridized carbons (Fsp3) is 0.258. The number of likely N-dealkylation sites (N-methyl/N-ethyl adjacent to an activating group) is 1. The van der Waals surface area contributed by atoms with Crippen LogP contribution >= 0.6 is 0 Å². The third-order valence-corrected chi connectivity index (χ3v) is 7.33. The number of fused-ring (bicyclic) bond motifs is 2. The van der Waals surface area contributed by atoms with Gasteiger partial charge in [-0.1, -0.05) is 0 Å². The van der Waals surface area contributed by atoms with Gasteiger partial charge in [-0.15, -0.1) is 0 Å². The van der Waals surface area contributed by atoms with Crippen LogP contribution in [0.15, 0.2) is 73.2 Å². The smallest absolute Gasteiger partial charge is 0.284 e. The molecule has 3 aromatic heterocycles.